The third-order valence-corrected chi connectivity index (χ3v) is 9.44. The molecule has 0 unspecified atom stereocenters. The summed E-state index contributed by atoms with van der Waals surface area (Å²) in [6.45, 7) is 3.31. The number of esters is 3. The van der Waals surface area contributed by atoms with Crippen LogP contribution in [0.1, 0.15) is 44.9 Å². The van der Waals surface area contributed by atoms with Crippen molar-refractivity contribution in [2.45, 2.75) is 44.6 Å². The van der Waals surface area contributed by atoms with Crippen LogP contribution in [0.15, 0.2) is 127 Å². The fourth-order valence-corrected chi connectivity index (χ4v) is 6.58. The fraction of sp³-hybridized carbons (Fsp3) is 0.237. The minimum atomic E-state index is -3.88. The largest absolute Gasteiger partial charge is 0.461 e. The van der Waals surface area contributed by atoms with Crippen LogP contribution in [0, 0.1) is 10.1 Å². The van der Waals surface area contributed by atoms with E-state index in [4.69, 9.17) is 32.7 Å². The Labute approximate surface area is 304 Å². The van der Waals surface area contributed by atoms with Gasteiger partial charge in [0.2, 0.25) is 12.4 Å². The molecule has 1 fully saturated rings. The van der Waals surface area contributed by atoms with Gasteiger partial charge in [-0.2, -0.15) is 0 Å². The number of benzene rings is 4. The molecule has 1 saturated heterocycles. The van der Waals surface area contributed by atoms with Crippen molar-refractivity contribution < 1.29 is 56.6 Å². The van der Waals surface area contributed by atoms with Crippen LogP contribution in [-0.2, 0) is 32.6 Å². The number of hydrogen-bond donors (Lipinski definition) is 0. The first-order valence-electron chi connectivity index (χ1n) is 16.5. The lowest BCUT2D eigenvalue weighted by Crippen LogP contribution is -2.62. The second-order valence-electron chi connectivity index (χ2n) is 11.3. The molecule has 4 aromatic rings. The van der Waals surface area contributed by atoms with E-state index in [1.54, 1.807) is 68.4 Å². The van der Waals surface area contributed by atoms with E-state index in [1.165, 1.54) is 66.7 Å². The molecule has 0 saturated carbocycles. The van der Waals surface area contributed by atoms with Gasteiger partial charge in [-0.25, -0.2) is 14.4 Å². The lowest BCUT2D eigenvalue weighted by atomic mass is 9.97. The zero-order valence-electron chi connectivity index (χ0n) is 28.6. The number of carbonyl (C=O) groups is 3. The van der Waals surface area contributed by atoms with Crippen LogP contribution >= 0.6 is 7.60 Å². The average molecular weight is 746 g/mol. The van der Waals surface area contributed by atoms with Crippen molar-refractivity contribution in [2.24, 2.45) is 0 Å². The Morgan fingerprint density at radius 3 is 1.55 bits per heavy atom. The molecule has 4 aromatic carbocycles. The third kappa shape index (κ3) is 10.2. The molecule has 0 N–H and O–H groups in total. The van der Waals surface area contributed by atoms with Gasteiger partial charge in [-0.1, -0.05) is 54.6 Å². The minimum absolute atomic E-state index is 0.0280. The first-order valence-corrected chi connectivity index (χ1v) is 18.1. The molecule has 276 valence electrons. The maximum atomic E-state index is 13.7. The van der Waals surface area contributed by atoms with Crippen molar-refractivity contribution in [2.75, 3.05) is 13.2 Å². The Kier molecular flexibility index (Phi) is 13.2. The van der Waals surface area contributed by atoms with Crippen LogP contribution in [0.2, 0.25) is 0 Å². The van der Waals surface area contributed by atoms with Gasteiger partial charge in [0.25, 0.3) is 5.69 Å². The standard InChI is InChI=1S/C38H36NO13P/c1-3-46-53(45,47-4-2)25-24-31-32(50-35(40)26-14-8-5-9-15-26)33(51-36(41)27-16-10-6-11-17-27)34(52-37(42)28-18-12-7-13-19-28)38(49-31)48-30-22-20-29(21-23-30)39(43)44/h5-25,31-34,38H,3-4H2,1-2H3/b25-24+/t31-,32-,33+,34+,38+/m1/s1. The van der Waals surface area contributed by atoms with E-state index in [-0.39, 0.29) is 41.3 Å². The number of ether oxygens (including phenoxy) is 5. The first kappa shape index (κ1) is 38.6. The number of non-ortho nitro benzene ring substituents is 1. The Bertz CT molecular complexity index is 1910. The Balaban J connectivity index is 1.64. The van der Waals surface area contributed by atoms with Gasteiger partial charge in [0, 0.05) is 17.9 Å². The van der Waals surface area contributed by atoms with Crippen molar-refractivity contribution in [3.05, 3.63) is 154 Å². The van der Waals surface area contributed by atoms with Gasteiger partial charge in [0.1, 0.15) is 11.9 Å². The molecule has 1 aliphatic heterocycles. The van der Waals surface area contributed by atoms with E-state index in [1.807, 2.05) is 0 Å². The number of nitrogens with zero attached hydrogens (tertiary/aromatic N) is 1. The third-order valence-electron chi connectivity index (χ3n) is 7.66. The molecule has 5 rings (SSSR count). The van der Waals surface area contributed by atoms with Crippen LogP contribution in [-0.4, -0.2) is 66.8 Å². The summed E-state index contributed by atoms with van der Waals surface area (Å²) in [4.78, 5) is 51.7. The molecular weight excluding hydrogens is 709 g/mol. The summed E-state index contributed by atoms with van der Waals surface area (Å²) >= 11 is 0. The van der Waals surface area contributed by atoms with Gasteiger partial charge < -0.3 is 32.7 Å². The fourth-order valence-electron chi connectivity index (χ4n) is 5.23. The highest BCUT2D eigenvalue weighted by Gasteiger charge is 2.53. The molecule has 1 heterocycles. The zero-order chi connectivity index (χ0) is 37.8. The monoisotopic (exact) mass is 745 g/mol. The predicted molar refractivity (Wildman–Crippen MR) is 189 cm³/mol. The minimum Gasteiger partial charge on any atom is -0.461 e. The molecule has 5 atom stereocenters. The molecule has 0 aliphatic carbocycles. The lowest BCUT2D eigenvalue weighted by molar-refractivity contribution is -0.384. The van der Waals surface area contributed by atoms with E-state index >= 15 is 0 Å². The molecule has 0 aromatic heterocycles. The van der Waals surface area contributed by atoms with Crippen LogP contribution in [0.4, 0.5) is 5.69 Å². The predicted octanol–water partition coefficient (Wildman–Crippen LogP) is 7.16. The number of rotatable bonds is 15. The van der Waals surface area contributed by atoms with Crippen molar-refractivity contribution in [3.63, 3.8) is 0 Å². The Morgan fingerprint density at radius 1 is 0.679 bits per heavy atom. The van der Waals surface area contributed by atoms with Crippen LogP contribution in [0.5, 0.6) is 5.75 Å². The summed E-state index contributed by atoms with van der Waals surface area (Å²) in [6.07, 6.45) is -6.58. The van der Waals surface area contributed by atoms with E-state index in [0.717, 1.165) is 5.82 Å². The van der Waals surface area contributed by atoms with Gasteiger partial charge in [-0.3, -0.25) is 14.7 Å². The SMILES string of the molecule is CCOP(=O)(/C=C/[C@H]1O[C@H](Oc2ccc([N+](=O)[O-])cc2)[C@@H](OC(=O)c2ccccc2)[C@@H](OC(=O)c2ccccc2)[C@@H]1OC(=O)c1ccccc1)OCC. The van der Waals surface area contributed by atoms with Crippen LogP contribution in [0.3, 0.4) is 0 Å². The van der Waals surface area contributed by atoms with Gasteiger partial charge >= 0.3 is 25.5 Å². The highest BCUT2D eigenvalue weighted by molar-refractivity contribution is 7.57. The molecular formula is C38H36NO13P. The van der Waals surface area contributed by atoms with Gasteiger partial charge in [0.15, 0.2) is 12.2 Å². The van der Waals surface area contributed by atoms with Crippen molar-refractivity contribution >= 4 is 31.2 Å². The topological polar surface area (TPSA) is 176 Å². The van der Waals surface area contributed by atoms with E-state index in [9.17, 15) is 29.1 Å². The van der Waals surface area contributed by atoms with E-state index in [2.05, 4.69) is 0 Å². The van der Waals surface area contributed by atoms with Gasteiger partial charge in [-0.05, 0) is 68.5 Å². The zero-order valence-corrected chi connectivity index (χ0v) is 29.5. The quantitative estimate of drug-likeness (QED) is 0.0394. The second kappa shape index (κ2) is 18.2. The summed E-state index contributed by atoms with van der Waals surface area (Å²) in [7, 11) is -3.88. The first-order chi connectivity index (χ1) is 25.6. The highest BCUT2D eigenvalue weighted by Crippen LogP contribution is 2.50. The number of hydrogen-bond acceptors (Lipinski definition) is 13. The molecule has 53 heavy (non-hydrogen) atoms. The van der Waals surface area contributed by atoms with Gasteiger partial charge in [0.05, 0.1) is 34.8 Å². The van der Waals surface area contributed by atoms with Crippen LogP contribution in [0.25, 0.3) is 0 Å². The normalized spacial score (nSPS) is 19.9. The van der Waals surface area contributed by atoms with E-state index in [0.29, 0.717) is 0 Å². The Morgan fingerprint density at radius 2 is 1.11 bits per heavy atom. The van der Waals surface area contributed by atoms with Crippen LogP contribution < -0.4 is 4.74 Å². The summed E-state index contributed by atoms with van der Waals surface area (Å²) in [5.74, 6) is -1.41. The summed E-state index contributed by atoms with van der Waals surface area (Å²) in [5.41, 5.74) is 0.168. The van der Waals surface area contributed by atoms with Crippen molar-refractivity contribution in [1.82, 2.24) is 0 Å². The summed E-state index contributed by atoms with van der Waals surface area (Å²) in [5, 5.41) is 11.3. The molecule has 0 bridgehead atoms. The maximum Gasteiger partial charge on any atom is 0.353 e. The molecule has 0 spiro atoms. The molecule has 0 amide bonds. The molecule has 1 aliphatic rings. The molecule has 15 heteroatoms. The summed E-state index contributed by atoms with van der Waals surface area (Å²) in [6, 6.07) is 28.8. The lowest BCUT2D eigenvalue weighted by Gasteiger charge is -2.43. The number of nitro benzene ring substituents is 1. The van der Waals surface area contributed by atoms with Crippen molar-refractivity contribution in [3.8, 4) is 5.75 Å². The van der Waals surface area contributed by atoms with Gasteiger partial charge in [-0.15, -0.1) is 0 Å². The van der Waals surface area contributed by atoms with Crippen molar-refractivity contribution in [1.29, 1.82) is 0 Å². The average Bonchev–Trinajstić information content (AvgIpc) is 3.17. The maximum absolute atomic E-state index is 13.7. The number of nitro groups is 1. The summed E-state index contributed by atoms with van der Waals surface area (Å²) < 4.78 is 54.8. The Hall–Kier alpha value is -5.66. The van der Waals surface area contributed by atoms with E-state index < -0.39 is 61.1 Å². The second-order valence-corrected chi connectivity index (χ2v) is 13.2. The highest BCUT2D eigenvalue weighted by atomic mass is 31.2. The molecule has 0 radical (unpaired) electrons. The number of carbonyl (C=O) groups excluding carboxylic acids is 3. The molecule has 14 nitrogen and oxygen atoms in total. The smallest absolute Gasteiger partial charge is 0.353 e.